The highest BCUT2D eigenvalue weighted by molar-refractivity contribution is 7.20. The van der Waals surface area contributed by atoms with Crippen LogP contribution in [0, 0.1) is 0 Å². The molecule has 274 valence electrons. The Labute approximate surface area is 337 Å². The summed E-state index contributed by atoms with van der Waals surface area (Å²) < 4.78 is 13.0. The van der Waals surface area contributed by atoms with E-state index < -0.39 is 0 Å². The predicted octanol–water partition coefficient (Wildman–Crippen LogP) is 14.4. The molecule has 5 nitrogen and oxygen atoms in total. The van der Waals surface area contributed by atoms with Crippen LogP contribution in [0.3, 0.4) is 0 Å². The van der Waals surface area contributed by atoms with Crippen LogP contribution in [-0.4, -0.2) is 15.0 Å². The fraction of sp³-hybridized carbons (Fsp3) is 0.0577. The molecule has 4 aromatic heterocycles. The van der Waals surface area contributed by atoms with E-state index in [2.05, 4.69) is 105 Å². The maximum atomic E-state index is 6.50. The molecule has 0 bridgehead atoms. The number of furan rings is 2. The summed E-state index contributed by atoms with van der Waals surface area (Å²) in [4.78, 5) is 17.6. The number of para-hydroxylation sites is 2. The summed E-state index contributed by atoms with van der Waals surface area (Å²) >= 11 is 1.87. The second-order valence-electron chi connectivity index (χ2n) is 15.5. The Hall–Kier alpha value is -7.15. The minimum atomic E-state index is -0.379. The summed E-state index contributed by atoms with van der Waals surface area (Å²) in [6.45, 7) is 4.72. The zero-order valence-electron chi connectivity index (χ0n) is 31.7. The van der Waals surface area contributed by atoms with Crippen LogP contribution >= 0.6 is 11.3 Å². The minimum Gasteiger partial charge on any atom is -0.456 e. The van der Waals surface area contributed by atoms with E-state index in [0.717, 1.165) is 60.6 Å². The van der Waals surface area contributed by atoms with Crippen molar-refractivity contribution in [2.45, 2.75) is 19.3 Å². The molecule has 12 rings (SSSR count). The molecule has 4 heterocycles. The molecule has 0 fully saturated rings. The quantitative estimate of drug-likeness (QED) is 0.175. The Kier molecular flexibility index (Phi) is 7.08. The van der Waals surface area contributed by atoms with Gasteiger partial charge in [-0.15, -0.1) is 11.3 Å². The van der Waals surface area contributed by atoms with Gasteiger partial charge in [-0.3, -0.25) is 0 Å². The molecule has 0 spiro atoms. The van der Waals surface area contributed by atoms with Crippen molar-refractivity contribution in [3.05, 3.63) is 175 Å². The Bertz CT molecular complexity index is 3370. The van der Waals surface area contributed by atoms with Crippen LogP contribution in [-0.2, 0) is 5.41 Å². The Morgan fingerprint density at radius 3 is 1.53 bits per heavy atom. The molecule has 0 aliphatic heterocycles. The van der Waals surface area contributed by atoms with Gasteiger partial charge in [0.05, 0.1) is 0 Å². The molecule has 0 unspecified atom stereocenters. The average molecular weight is 764 g/mol. The maximum absolute atomic E-state index is 6.50. The van der Waals surface area contributed by atoms with Gasteiger partial charge in [-0.05, 0) is 52.6 Å². The van der Waals surface area contributed by atoms with E-state index in [1.807, 2.05) is 84.1 Å². The van der Waals surface area contributed by atoms with Crippen molar-refractivity contribution < 1.29 is 8.83 Å². The van der Waals surface area contributed by atoms with Gasteiger partial charge in [0.15, 0.2) is 17.5 Å². The van der Waals surface area contributed by atoms with Crippen molar-refractivity contribution in [2.75, 3.05) is 0 Å². The molecule has 7 aromatic carbocycles. The molecule has 6 heteroatoms. The number of hydrogen-bond donors (Lipinski definition) is 0. The molecule has 0 saturated carbocycles. The first-order valence-corrected chi connectivity index (χ1v) is 20.3. The highest BCUT2D eigenvalue weighted by Crippen LogP contribution is 2.61. The second kappa shape index (κ2) is 12.4. The largest absolute Gasteiger partial charge is 0.456 e. The number of rotatable bonds is 5. The van der Waals surface area contributed by atoms with Crippen LogP contribution in [0.2, 0.25) is 0 Å². The van der Waals surface area contributed by atoms with Gasteiger partial charge < -0.3 is 8.83 Å². The van der Waals surface area contributed by atoms with Gasteiger partial charge in [0.1, 0.15) is 22.3 Å². The van der Waals surface area contributed by atoms with E-state index in [0.29, 0.717) is 17.5 Å². The van der Waals surface area contributed by atoms with Gasteiger partial charge in [0, 0.05) is 64.5 Å². The highest BCUT2D eigenvalue weighted by Gasteiger charge is 2.42. The summed E-state index contributed by atoms with van der Waals surface area (Å²) in [5, 5.41) is 4.49. The number of hydrogen-bond acceptors (Lipinski definition) is 6. The van der Waals surface area contributed by atoms with Crippen LogP contribution in [0.1, 0.15) is 25.0 Å². The second-order valence-corrected chi connectivity index (χ2v) is 16.5. The SMILES string of the molecule is CC1(C)c2cc(-c3nc(-c4ccccc4)nc(-c4ccccc4)n3)ccc2-c2sc(-c3cccc4oc5ccccc5c34)c(-c3cccc4oc5ccccc5c34)c21. The molecule has 0 N–H and O–H groups in total. The van der Waals surface area contributed by atoms with Gasteiger partial charge in [0.2, 0.25) is 0 Å². The first-order chi connectivity index (χ1) is 28.5. The lowest BCUT2D eigenvalue weighted by atomic mass is 9.78. The topological polar surface area (TPSA) is 65.0 Å². The first-order valence-electron chi connectivity index (χ1n) is 19.5. The normalized spacial score (nSPS) is 13.1. The summed E-state index contributed by atoms with van der Waals surface area (Å²) in [5.74, 6) is 1.95. The van der Waals surface area contributed by atoms with E-state index >= 15 is 0 Å². The van der Waals surface area contributed by atoms with Crippen molar-refractivity contribution in [1.29, 1.82) is 0 Å². The van der Waals surface area contributed by atoms with Crippen molar-refractivity contribution in [3.8, 4) is 66.2 Å². The summed E-state index contributed by atoms with van der Waals surface area (Å²) in [6, 6.07) is 56.7. The van der Waals surface area contributed by atoms with Crippen LogP contribution in [0.4, 0.5) is 0 Å². The molecule has 0 saturated heterocycles. The van der Waals surface area contributed by atoms with Crippen molar-refractivity contribution in [2.24, 2.45) is 0 Å². The van der Waals surface area contributed by atoms with E-state index in [-0.39, 0.29) is 5.41 Å². The lowest BCUT2D eigenvalue weighted by Crippen LogP contribution is -2.16. The minimum absolute atomic E-state index is 0.379. The van der Waals surface area contributed by atoms with Crippen LogP contribution in [0.15, 0.2) is 173 Å². The van der Waals surface area contributed by atoms with E-state index in [1.165, 1.54) is 43.1 Å². The van der Waals surface area contributed by atoms with Gasteiger partial charge >= 0.3 is 0 Å². The highest BCUT2D eigenvalue weighted by atomic mass is 32.1. The molecule has 0 amide bonds. The fourth-order valence-electron chi connectivity index (χ4n) is 9.08. The van der Waals surface area contributed by atoms with E-state index in [9.17, 15) is 0 Å². The molecular weight excluding hydrogens is 731 g/mol. The van der Waals surface area contributed by atoms with Crippen molar-refractivity contribution >= 4 is 55.2 Å². The average Bonchev–Trinajstić information content (AvgIpc) is 4.03. The van der Waals surface area contributed by atoms with Crippen LogP contribution < -0.4 is 0 Å². The molecule has 0 radical (unpaired) electrons. The molecule has 1 aliphatic rings. The number of benzene rings is 7. The third kappa shape index (κ3) is 4.85. The third-order valence-corrected chi connectivity index (χ3v) is 13.0. The number of thiophene rings is 1. The Balaban J connectivity index is 1.11. The number of fused-ring (bicyclic) bond motifs is 9. The fourth-order valence-corrected chi connectivity index (χ4v) is 10.6. The van der Waals surface area contributed by atoms with Crippen LogP contribution in [0.5, 0.6) is 0 Å². The monoisotopic (exact) mass is 763 g/mol. The van der Waals surface area contributed by atoms with E-state index in [4.69, 9.17) is 23.8 Å². The van der Waals surface area contributed by atoms with Gasteiger partial charge in [-0.1, -0.05) is 147 Å². The Morgan fingerprint density at radius 2 is 0.931 bits per heavy atom. The van der Waals surface area contributed by atoms with Crippen molar-refractivity contribution in [1.82, 2.24) is 15.0 Å². The summed E-state index contributed by atoms with van der Waals surface area (Å²) in [5.41, 5.74) is 13.4. The smallest absolute Gasteiger partial charge is 0.164 e. The standard InChI is InChI=1S/C52H33N3O2S/c1-52(2)38-29-32(51-54-49(30-15-5-3-6-16-30)53-50(55-51)31-17-7-4-8-18-31)27-28-33(38)48-46(52)45(36-21-13-25-41-43(36)34-19-9-11-23-39(34)56-41)47(58-48)37-22-14-26-42-44(37)35-20-10-12-24-40(35)57-42/h3-29H,1-2H3. The molecule has 11 aromatic rings. The van der Waals surface area contributed by atoms with Gasteiger partial charge in [-0.2, -0.15) is 0 Å². The lowest BCUT2D eigenvalue weighted by Gasteiger charge is -2.24. The maximum Gasteiger partial charge on any atom is 0.164 e. The van der Waals surface area contributed by atoms with Crippen molar-refractivity contribution in [3.63, 3.8) is 0 Å². The zero-order chi connectivity index (χ0) is 38.5. The van der Waals surface area contributed by atoms with E-state index in [1.54, 1.807) is 0 Å². The van der Waals surface area contributed by atoms with Gasteiger partial charge in [-0.25, -0.2) is 15.0 Å². The number of nitrogens with zero attached hydrogens (tertiary/aromatic N) is 3. The third-order valence-electron chi connectivity index (χ3n) is 11.7. The lowest BCUT2D eigenvalue weighted by molar-refractivity contribution is 0.663. The summed E-state index contributed by atoms with van der Waals surface area (Å²) in [6.07, 6.45) is 0. The zero-order valence-corrected chi connectivity index (χ0v) is 32.5. The predicted molar refractivity (Wildman–Crippen MR) is 237 cm³/mol. The molecule has 0 atom stereocenters. The molecule has 1 aliphatic carbocycles. The molecule has 58 heavy (non-hydrogen) atoms. The Morgan fingerprint density at radius 1 is 0.431 bits per heavy atom. The summed E-state index contributed by atoms with van der Waals surface area (Å²) in [7, 11) is 0. The first kappa shape index (κ1) is 33.0. The number of aromatic nitrogens is 3. The van der Waals surface area contributed by atoms with Crippen LogP contribution in [0.25, 0.3) is 110 Å². The molecular formula is C52H33N3O2S. The van der Waals surface area contributed by atoms with Gasteiger partial charge in [0.25, 0.3) is 0 Å².